The molecule has 0 aromatic heterocycles. The van der Waals surface area contributed by atoms with E-state index in [1.807, 2.05) is 0 Å². The van der Waals surface area contributed by atoms with Gasteiger partial charge in [-0.2, -0.15) is 18.4 Å². The van der Waals surface area contributed by atoms with Crippen molar-refractivity contribution in [2.24, 2.45) is 0 Å². The van der Waals surface area contributed by atoms with Crippen molar-refractivity contribution in [1.29, 1.82) is 5.26 Å². The Morgan fingerprint density at radius 2 is 2.12 bits per heavy atom. The summed E-state index contributed by atoms with van der Waals surface area (Å²) in [6.07, 6.45) is -5.27. The Labute approximate surface area is 96.5 Å². The Balaban J connectivity index is 3.09. The minimum absolute atomic E-state index is 0.0159. The summed E-state index contributed by atoms with van der Waals surface area (Å²) in [7, 11) is 0. The number of hydrogen-bond acceptors (Lipinski definition) is 3. The third kappa shape index (κ3) is 3.64. The van der Waals surface area contributed by atoms with Gasteiger partial charge < -0.3 is 10.4 Å². The highest BCUT2D eigenvalue weighted by molar-refractivity contribution is 5.57. The summed E-state index contributed by atoms with van der Waals surface area (Å²) in [5.74, 6) is 0. The SMILES string of the molecule is CC(O)CNc1cc(C#N)ccc1C(F)(F)F. The number of aliphatic hydroxyl groups excluding tert-OH is 1. The van der Waals surface area contributed by atoms with Crippen LogP contribution in [0.5, 0.6) is 0 Å². The number of nitrogens with zero attached hydrogens (tertiary/aromatic N) is 1. The van der Waals surface area contributed by atoms with E-state index in [-0.39, 0.29) is 17.8 Å². The lowest BCUT2D eigenvalue weighted by atomic mass is 10.1. The highest BCUT2D eigenvalue weighted by Crippen LogP contribution is 2.35. The van der Waals surface area contributed by atoms with Crippen molar-refractivity contribution in [3.63, 3.8) is 0 Å². The van der Waals surface area contributed by atoms with Crippen LogP contribution in [-0.2, 0) is 6.18 Å². The van der Waals surface area contributed by atoms with Crippen molar-refractivity contribution in [3.8, 4) is 6.07 Å². The molecular weight excluding hydrogens is 233 g/mol. The normalized spacial score (nSPS) is 12.9. The molecule has 1 aromatic carbocycles. The van der Waals surface area contributed by atoms with Gasteiger partial charge in [-0.3, -0.25) is 0 Å². The highest BCUT2D eigenvalue weighted by atomic mass is 19.4. The Hall–Kier alpha value is -1.74. The summed E-state index contributed by atoms with van der Waals surface area (Å²) in [5, 5.41) is 20.1. The van der Waals surface area contributed by atoms with Gasteiger partial charge in [-0.1, -0.05) is 0 Å². The van der Waals surface area contributed by atoms with Gasteiger partial charge in [-0.05, 0) is 25.1 Å². The maximum absolute atomic E-state index is 12.6. The second kappa shape index (κ2) is 5.06. The number of benzene rings is 1. The predicted molar refractivity (Wildman–Crippen MR) is 56.3 cm³/mol. The van der Waals surface area contributed by atoms with Gasteiger partial charge in [0.2, 0.25) is 0 Å². The summed E-state index contributed by atoms with van der Waals surface area (Å²) in [6.45, 7) is 1.44. The molecule has 0 saturated heterocycles. The van der Waals surface area contributed by atoms with E-state index < -0.39 is 17.8 Å². The summed E-state index contributed by atoms with van der Waals surface area (Å²) >= 11 is 0. The number of rotatable bonds is 3. The molecule has 0 bridgehead atoms. The van der Waals surface area contributed by atoms with Crippen molar-refractivity contribution in [2.75, 3.05) is 11.9 Å². The van der Waals surface area contributed by atoms with E-state index in [9.17, 15) is 13.2 Å². The lowest BCUT2D eigenvalue weighted by Gasteiger charge is -2.15. The van der Waals surface area contributed by atoms with Crippen LogP contribution in [0.2, 0.25) is 0 Å². The zero-order valence-electron chi connectivity index (χ0n) is 9.04. The molecule has 0 aliphatic carbocycles. The molecule has 1 rings (SSSR count). The quantitative estimate of drug-likeness (QED) is 0.858. The second-order valence-electron chi connectivity index (χ2n) is 3.60. The first kappa shape index (κ1) is 13.3. The minimum atomic E-state index is -4.49. The minimum Gasteiger partial charge on any atom is -0.392 e. The van der Waals surface area contributed by atoms with Crippen molar-refractivity contribution < 1.29 is 18.3 Å². The molecule has 0 radical (unpaired) electrons. The van der Waals surface area contributed by atoms with Gasteiger partial charge in [0.05, 0.1) is 23.3 Å². The molecule has 3 nitrogen and oxygen atoms in total. The van der Waals surface area contributed by atoms with Gasteiger partial charge in [-0.25, -0.2) is 0 Å². The van der Waals surface area contributed by atoms with Crippen LogP contribution in [0.1, 0.15) is 18.1 Å². The molecule has 1 unspecified atom stereocenters. The fourth-order valence-electron chi connectivity index (χ4n) is 1.26. The van der Waals surface area contributed by atoms with Crippen LogP contribution in [0.3, 0.4) is 0 Å². The number of halogens is 3. The molecule has 2 N–H and O–H groups in total. The highest BCUT2D eigenvalue weighted by Gasteiger charge is 2.33. The molecule has 0 fully saturated rings. The first-order valence-corrected chi connectivity index (χ1v) is 4.88. The smallest absolute Gasteiger partial charge is 0.392 e. The molecule has 0 heterocycles. The summed E-state index contributed by atoms with van der Waals surface area (Å²) < 4.78 is 37.9. The van der Waals surface area contributed by atoms with E-state index in [0.717, 1.165) is 18.2 Å². The monoisotopic (exact) mass is 244 g/mol. The Morgan fingerprint density at radius 3 is 2.59 bits per heavy atom. The van der Waals surface area contributed by atoms with E-state index in [1.54, 1.807) is 6.07 Å². The summed E-state index contributed by atoms with van der Waals surface area (Å²) in [4.78, 5) is 0. The van der Waals surface area contributed by atoms with Crippen LogP contribution in [0, 0.1) is 11.3 Å². The van der Waals surface area contributed by atoms with Gasteiger partial charge in [0.25, 0.3) is 0 Å². The number of aliphatic hydroxyl groups is 1. The lowest BCUT2D eigenvalue weighted by molar-refractivity contribution is -0.137. The van der Waals surface area contributed by atoms with Crippen LogP contribution in [0.4, 0.5) is 18.9 Å². The zero-order valence-corrected chi connectivity index (χ0v) is 9.04. The molecule has 6 heteroatoms. The largest absolute Gasteiger partial charge is 0.418 e. The molecule has 92 valence electrons. The zero-order chi connectivity index (χ0) is 13.1. The number of alkyl halides is 3. The van der Waals surface area contributed by atoms with E-state index in [1.165, 1.54) is 6.92 Å². The van der Waals surface area contributed by atoms with Crippen LogP contribution < -0.4 is 5.32 Å². The first-order valence-electron chi connectivity index (χ1n) is 4.88. The molecule has 0 aliphatic heterocycles. The second-order valence-corrected chi connectivity index (χ2v) is 3.60. The van der Waals surface area contributed by atoms with Crippen LogP contribution in [-0.4, -0.2) is 17.8 Å². The van der Waals surface area contributed by atoms with Gasteiger partial charge >= 0.3 is 6.18 Å². The fourth-order valence-corrected chi connectivity index (χ4v) is 1.26. The molecule has 1 aromatic rings. The molecule has 17 heavy (non-hydrogen) atoms. The standard InChI is InChI=1S/C11H11F3N2O/c1-7(17)6-16-10-4-8(5-15)2-3-9(10)11(12,13)14/h2-4,7,16-17H,6H2,1H3. The van der Waals surface area contributed by atoms with E-state index in [0.29, 0.717) is 0 Å². The molecular formula is C11H11F3N2O. The molecule has 0 amide bonds. The molecule has 1 atom stereocenters. The topological polar surface area (TPSA) is 56.0 Å². The van der Waals surface area contributed by atoms with Crippen molar-refractivity contribution in [2.45, 2.75) is 19.2 Å². The van der Waals surface area contributed by atoms with Crippen molar-refractivity contribution in [1.82, 2.24) is 0 Å². The first-order chi connectivity index (χ1) is 7.84. The van der Waals surface area contributed by atoms with Gasteiger partial charge in [-0.15, -0.1) is 0 Å². The van der Waals surface area contributed by atoms with E-state index >= 15 is 0 Å². The predicted octanol–water partition coefficient (Wildman–Crippen LogP) is 2.37. The van der Waals surface area contributed by atoms with Crippen LogP contribution in [0.25, 0.3) is 0 Å². The van der Waals surface area contributed by atoms with Crippen LogP contribution >= 0.6 is 0 Å². The van der Waals surface area contributed by atoms with Gasteiger partial charge in [0, 0.05) is 12.2 Å². The number of hydrogen-bond donors (Lipinski definition) is 2. The maximum atomic E-state index is 12.6. The third-order valence-corrected chi connectivity index (χ3v) is 2.04. The number of nitrogens with one attached hydrogen (secondary N) is 1. The van der Waals surface area contributed by atoms with E-state index in [4.69, 9.17) is 10.4 Å². The van der Waals surface area contributed by atoms with Crippen molar-refractivity contribution in [3.05, 3.63) is 29.3 Å². The van der Waals surface area contributed by atoms with E-state index in [2.05, 4.69) is 5.32 Å². The maximum Gasteiger partial charge on any atom is 0.418 e. The summed E-state index contributed by atoms with van der Waals surface area (Å²) in [5.41, 5.74) is -0.916. The van der Waals surface area contributed by atoms with Crippen LogP contribution in [0.15, 0.2) is 18.2 Å². The molecule has 0 saturated carbocycles. The number of anilines is 1. The lowest BCUT2D eigenvalue weighted by Crippen LogP contribution is -2.18. The molecule has 0 aliphatic rings. The number of nitriles is 1. The fraction of sp³-hybridized carbons (Fsp3) is 0.364. The Morgan fingerprint density at radius 1 is 1.47 bits per heavy atom. The van der Waals surface area contributed by atoms with Gasteiger partial charge in [0.15, 0.2) is 0 Å². The third-order valence-electron chi connectivity index (χ3n) is 2.04. The average molecular weight is 244 g/mol. The summed E-state index contributed by atoms with van der Waals surface area (Å²) in [6, 6.07) is 4.84. The van der Waals surface area contributed by atoms with Gasteiger partial charge in [0.1, 0.15) is 0 Å². The van der Waals surface area contributed by atoms with Crippen molar-refractivity contribution >= 4 is 5.69 Å². The molecule has 0 spiro atoms. The Bertz CT molecular complexity index is 435. The average Bonchev–Trinajstić information content (AvgIpc) is 2.24. The Kier molecular flexibility index (Phi) is 3.97.